The highest BCUT2D eigenvalue weighted by molar-refractivity contribution is 5.70. The molecule has 0 saturated heterocycles. The molecule has 0 spiro atoms. The predicted molar refractivity (Wildman–Crippen MR) is 114 cm³/mol. The highest BCUT2D eigenvalue weighted by Gasteiger charge is 2.11. The van der Waals surface area contributed by atoms with Gasteiger partial charge in [0.2, 0.25) is 0 Å². The molecule has 0 aliphatic rings. The van der Waals surface area contributed by atoms with Crippen molar-refractivity contribution >= 4 is 5.97 Å². The molecule has 0 aliphatic carbocycles. The van der Waals surface area contributed by atoms with E-state index in [0.29, 0.717) is 19.6 Å². The number of aryl methyl sites for hydroxylation is 1. The molecule has 152 valence electrons. The SMILES string of the molecule is O=C(O)CCc1cn(Cc2ccc(OCc3ccco3)cc2)cc1-c1ccccc1. The average molecular weight is 401 g/mol. The minimum absolute atomic E-state index is 0.117. The summed E-state index contributed by atoms with van der Waals surface area (Å²) in [4.78, 5) is 11.1. The van der Waals surface area contributed by atoms with Crippen LogP contribution in [0.5, 0.6) is 5.75 Å². The minimum atomic E-state index is -0.785. The van der Waals surface area contributed by atoms with E-state index in [9.17, 15) is 4.79 Å². The van der Waals surface area contributed by atoms with E-state index >= 15 is 0 Å². The Labute approximate surface area is 175 Å². The van der Waals surface area contributed by atoms with E-state index in [0.717, 1.165) is 33.8 Å². The zero-order valence-corrected chi connectivity index (χ0v) is 16.5. The summed E-state index contributed by atoms with van der Waals surface area (Å²) in [7, 11) is 0. The van der Waals surface area contributed by atoms with Gasteiger partial charge in [-0.3, -0.25) is 4.79 Å². The van der Waals surface area contributed by atoms with Crippen LogP contribution in [0.3, 0.4) is 0 Å². The molecule has 4 rings (SSSR count). The molecule has 0 fully saturated rings. The van der Waals surface area contributed by atoms with E-state index < -0.39 is 5.97 Å². The first-order valence-corrected chi connectivity index (χ1v) is 9.87. The van der Waals surface area contributed by atoms with E-state index in [1.54, 1.807) is 6.26 Å². The summed E-state index contributed by atoms with van der Waals surface area (Å²) >= 11 is 0. The largest absolute Gasteiger partial charge is 0.486 e. The van der Waals surface area contributed by atoms with Crippen LogP contribution in [0.25, 0.3) is 11.1 Å². The fourth-order valence-electron chi connectivity index (χ4n) is 3.42. The number of carboxylic acids is 1. The number of carboxylic acid groups (broad SMARTS) is 1. The van der Waals surface area contributed by atoms with Crippen molar-refractivity contribution in [3.8, 4) is 16.9 Å². The van der Waals surface area contributed by atoms with E-state index in [4.69, 9.17) is 14.3 Å². The quantitative estimate of drug-likeness (QED) is 0.408. The molecule has 4 aromatic rings. The maximum atomic E-state index is 11.1. The van der Waals surface area contributed by atoms with Gasteiger partial charge in [0.05, 0.1) is 6.26 Å². The first-order valence-electron chi connectivity index (χ1n) is 9.87. The molecule has 2 heterocycles. The second kappa shape index (κ2) is 9.18. The van der Waals surface area contributed by atoms with Crippen molar-refractivity contribution in [1.29, 1.82) is 0 Å². The van der Waals surface area contributed by atoms with E-state index in [-0.39, 0.29) is 6.42 Å². The smallest absolute Gasteiger partial charge is 0.303 e. The van der Waals surface area contributed by atoms with Gasteiger partial charge in [0.1, 0.15) is 18.1 Å². The predicted octanol–water partition coefficient (Wildman–Crippen LogP) is 5.39. The molecule has 0 saturated carbocycles. The molecule has 0 radical (unpaired) electrons. The Morgan fingerprint density at radius 2 is 1.77 bits per heavy atom. The Bertz CT molecular complexity index is 1080. The lowest BCUT2D eigenvalue weighted by Gasteiger charge is -2.07. The van der Waals surface area contributed by atoms with Gasteiger partial charge in [0.15, 0.2) is 0 Å². The van der Waals surface area contributed by atoms with Gasteiger partial charge in [-0.1, -0.05) is 42.5 Å². The minimum Gasteiger partial charge on any atom is -0.486 e. The molecule has 5 nitrogen and oxygen atoms in total. The number of benzene rings is 2. The van der Waals surface area contributed by atoms with Crippen molar-refractivity contribution in [3.63, 3.8) is 0 Å². The van der Waals surface area contributed by atoms with Crippen LogP contribution in [0, 0.1) is 0 Å². The molecular weight excluding hydrogens is 378 g/mol. The van der Waals surface area contributed by atoms with Gasteiger partial charge in [-0.15, -0.1) is 0 Å². The second-order valence-corrected chi connectivity index (χ2v) is 7.14. The summed E-state index contributed by atoms with van der Waals surface area (Å²) in [5.41, 5.74) is 4.36. The van der Waals surface area contributed by atoms with Gasteiger partial charge in [-0.05, 0) is 47.4 Å². The zero-order chi connectivity index (χ0) is 20.8. The molecule has 0 unspecified atom stereocenters. The van der Waals surface area contributed by atoms with Crippen LogP contribution in [0.1, 0.15) is 23.3 Å². The topological polar surface area (TPSA) is 64.6 Å². The van der Waals surface area contributed by atoms with Gasteiger partial charge < -0.3 is 18.8 Å². The third kappa shape index (κ3) is 5.00. The summed E-state index contributed by atoms with van der Waals surface area (Å²) in [6.07, 6.45) is 6.39. The number of hydrogen-bond acceptors (Lipinski definition) is 3. The average Bonchev–Trinajstić information content (AvgIpc) is 3.42. The summed E-state index contributed by atoms with van der Waals surface area (Å²) < 4.78 is 13.1. The third-order valence-corrected chi connectivity index (χ3v) is 4.91. The number of aromatic nitrogens is 1. The van der Waals surface area contributed by atoms with Crippen LogP contribution in [-0.4, -0.2) is 15.6 Å². The van der Waals surface area contributed by atoms with Gasteiger partial charge in [0.25, 0.3) is 0 Å². The van der Waals surface area contributed by atoms with Crippen LogP contribution in [0.2, 0.25) is 0 Å². The normalized spacial score (nSPS) is 10.8. The second-order valence-electron chi connectivity index (χ2n) is 7.14. The van der Waals surface area contributed by atoms with Crippen LogP contribution < -0.4 is 4.74 Å². The van der Waals surface area contributed by atoms with Gasteiger partial charge in [-0.2, -0.15) is 0 Å². The number of aliphatic carboxylic acids is 1. The molecule has 30 heavy (non-hydrogen) atoms. The van der Waals surface area contributed by atoms with Crippen LogP contribution in [0.4, 0.5) is 0 Å². The Hall–Kier alpha value is -3.73. The third-order valence-electron chi connectivity index (χ3n) is 4.91. The Morgan fingerprint density at radius 3 is 2.47 bits per heavy atom. The fourth-order valence-corrected chi connectivity index (χ4v) is 3.42. The Balaban J connectivity index is 1.47. The number of carbonyl (C=O) groups is 1. The summed E-state index contributed by atoms with van der Waals surface area (Å²) in [6.45, 7) is 1.10. The lowest BCUT2D eigenvalue weighted by molar-refractivity contribution is -0.136. The van der Waals surface area contributed by atoms with Crippen LogP contribution in [-0.2, 0) is 24.4 Å². The summed E-state index contributed by atoms with van der Waals surface area (Å²) in [5, 5.41) is 9.08. The number of ether oxygens (including phenoxy) is 1. The summed E-state index contributed by atoms with van der Waals surface area (Å²) in [5.74, 6) is 0.787. The molecule has 5 heteroatoms. The molecule has 2 aromatic heterocycles. The van der Waals surface area contributed by atoms with E-state index in [2.05, 4.69) is 22.9 Å². The number of furan rings is 1. The van der Waals surface area contributed by atoms with Gasteiger partial charge >= 0.3 is 5.97 Å². The molecule has 0 amide bonds. The van der Waals surface area contributed by atoms with E-state index in [1.165, 1.54) is 0 Å². The maximum Gasteiger partial charge on any atom is 0.303 e. The Kier molecular flexibility index (Phi) is 5.99. The van der Waals surface area contributed by atoms with E-state index in [1.807, 2.05) is 60.8 Å². The first-order chi connectivity index (χ1) is 14.7. The molecule has 0 atom stereocenters. The molecule has 0 aliphatic heterocycles. The standard InChI is InChI=1S/C25H23NO4/c27-25(28)13-10-21-16-26(17-24(21)20-5-2-1-3-6-20)15-19-8-11-22(12-9-19)30-18-23-7-4-14-29-23/h1-9,11-12,14,16-17H,10,13,15,18H2,(H,27,28). The fraction of sp³-hybridized carbons (Fsp3) is 0.160. The molecule has 0 bridgehead atoms. The maximum absolute atomic E-state index is 11.1. The molecule has 1 N–H and O–H groups in total. The van der Waals surface area contributed by atoms with Crippen molar-refractivity contribution in [2.75, 3.05) is 0 Å². The van der Waals surface area contributed by atoms with Crippen molar-refractivity contribution in [2.45, 2.75) is 26.0 Å². The molecule has 2 aromatic carbocycles. The van der Waals surface area contributed by atoms with Gasteiger partial charge in [0, 0.05) is 30.9 Å². The number of rotatable bonds is 9. The highest BCUT2D eigenvalue weighted by Crippen LogP contribution is 2.26. The van der Waals surface area contributed by atoms with Crippen LogP contribution in [0.15, 0.2) is 89.8 Å². The van der Waals surface area contributed by atoms with Crippen molar-refractivity contribution in [2.24, 2.45) is 0 Å². The zero-order valence-electron chi connectivity index (χ0n) is 16.5. The van der Waals surface area contributed by atoms with Crippen LogP contribution >= 0.6 is 0 Å². The molecular formula is C25H23NO4. The monoisotopic (exact) mass is 401 g/mol. The lowest BCUT2D eigenvalue weighted by atomic mass is 10.0. The number of hydrogen-bond donors (Lipinski definition) is 1. The van der Waals surface area contributed by atoms with Gasteiger partial charge in [-0.25, -0.2) is 0 Å². The summed E-state index contributed by atoms with van der Waals surface area (Å²) in [6, 6.07) is 21.8. The van der Waals surface area contributed by atoms with Crippen molar-refractivity contribution in [1.82, 2.24) is 4.57 Å². The van der Waals surface area contributed by atoms with Crippen molar-refractivity contribution in [3.05, 3.63) is 102 Å². The van der Waals surface area contributed by atoms with Crippen molar-refractivity contribution < 1.29 is 19.1 Å². The first kappa shape index (κ1) is 19.6. The Morgan fingerprint density at radius 1 is 0.967 bits per heavy atom. The number of nitrogens with zero attached hydrogens (tertiary/aromatic N) is 1. The lowest BCUT2D eigenvalue weighted by Crippen LogP contribution is -1.99. The highest BCUT2D eigenvalue weighted by atomic mass is 16.5.